The molecule has 0 aliphatic heterocycles. The van der Waals surface area contributed by atoms with E-state index in [9.17, 15) is 39.0 Å². The van der Waals surface area contributed by atoms with Gasteiger partial charge in [-0.05, 0) is 17.0 Å². The van der Waals surface area contributed by atoms with E-state index in [1.165, 1.54) is 0 Å². The zero-order valence-corrected chi connectivity index (χ0v) is 25.3. The van der Waals surface area contributed by atoms with Crippen molar-refractivity contribution >= 4 is 35.5 Å². The lowest BCUT2D eigenvalue weighted by atomic mass is 9.99. The number of aliphatic carboxylic acids is 1. The van der Waals surface area contributed by atoms with E-state index in [1.54, 1.807) is 60.7 Å². The number of amides is 5. The fourth-order valence-electron chi connectivity index (χ4n) is 4.15. The lowest BCUT2D eigenvalue weighted by Gasteiger charge is -2.21. The summed E-state index contributed by atoms with van der Waals surface area (Å²) in [5.74, 6) is -5.04. The fourth-order valence-corrected chi connectivity index (χ4v) is 4.15. The number of benzene rings is 2. The Morgan fingerprint density at radius 1 is 0.689 bits per heavy atom. The number of carboxylic acids is 1. The average Bonchev–Trinajstić information content (AvgIpc) is 3.04. The molecule has 14 nitrogen and oxygen atoms in total. The lowest BCUT2D eigenvalue weighted by Crippen LogP contribution is -2.56. The molecule has 45 heavy (non-hydrogen) atoms. The summed E-state index contributed by atoms with van der Waals surface area (Å²) in [5.41, 5.74) is 7.27. The van der Waals surface area contributed by atoms with Gasteiger partial charge in [0.05, 0.1) is 25.7 Å². The number of hydrogen-bond acceptors (Lipinski definition) is 8. The van der Waals surface area contributed by atoms with Crippen LogP contribution in [0.1, 0.15) is 31.4 Å². The highest BCUT2D eigenvalue weighted by Gasteiger charge is 2.28. The number of nitrogens with one attached hydrogen (secondary N) is 5. The summed E-state index contributed by atoms with van der Waals surface area (Å²) in [4.78, 5) is 74.9. The zero-order chi connectivity index (χ0) is 33.4. The number of nitrogens with two attached hydrogens (primary N) is 1. The van der Waals surface area contributed by atoms with E-state index in [-0.39, 0.29) is 18.8 Å². The molecule has 2 aromatic rings. The van der Waals surface area contributed by atoms with Crippen LogP contribution < -0.4 is 32.3 Å². The van der Waals surface area contributed by atoms with Gasteiger partial charge in [-0.1, -0.05) is 80.9 Å². The smallest absolute Gasteiger partial charge is 0.326 e. The predicted molar refractivity (Wildman–Crippen MR) is 164 cm³/mol. The Morgan fingerprint density at radius 3 is 1.62 bits per heavy atom. The van der Waals surface area contributed by atoms with Crippen molar-refractivity contribution in [2.45, 2.75) is 57.3 Å². The topological polar surface area (TPSA) is 229 Å². The van der Waals surface area contributed by atoms with Crippen LogP contribution in [0.15, 0.2) is 60.7 Å². The highest BCUT2D eigenvalue weighted by atomic mass is 16.4. The van der Waals surface area contributed by atoms with Gasteiger partial charge in [0.15, 0.2) is 0 Å². The molecule has 2 aromatic carbocycles. The Labute approximate surface area is 261 Å². The molecule has 0 aliphatic rings. The minimum absolute atomic E-state index is 0.0209. The third-order valence-electron chi connectivity index (χ3n) is 7.07. The highest BCUT2D eigenvalue weighted by Crippen LogP contribution is 2.06. The molecule has 244 valence electrons. The maximum absolute atomic E-state index is 13.0. The van der Waals surface area contributed by atoms with Gasteiger partial charge < -0.3 is 42.5 Å². The van der Waals surface area contributed by atoms with Crippen LogP contribution >= 0.6 is 0 Å². The van der Waals surface area contributed by atoms with E-state index >= 15 is 0 Å². The maximum Gasteiger partial charge on any atom is 0.326 e. The standard InChI is InChI=1S/C31H42N6O8/c1-3-19(2)27(32)30(43)34-17-25(39)35-22(14-20-10-6-4-7-11-20)28(41)33-16-26(40)36-24(18-38)29(42)37-23(31(44)45)15-21-12-8-5-9-13-21/h4-13,19,22-24,27,38H,3,14-18,32H2,1-2H3,(H,33,41)(H,34,43)(H,35,39)(H,36,40)(H,37,42)(H,44,45)/t19-,22-,23-,24-,27-/m0/s1. The van der Waals surface area contributed by atoms with Gasteiger partial charge in [0, 0.05) is 12.8 Å². The number of carbonyl (C=O) groups excluding carboxylic acids is 5. The third-order valence-corrected chi connectivity index (χ3v) is 7.07. The van der Waals surface area contributed by atoms with Crippen LogP contribution in [0.4, 0.5) is 0 Å². The Morgan fingerprint density at radius 2 is 1.16 bits per heavy atom. The van der Waals surface area contributed by atoms with Gasteiger partial charge in [-0.2, -0.15) is 0 Å². The van der Waals surface area contributed by atoms with Gasteiger partial charge in [-0.3, -0.25) is 24.0 Å². The van der Waals surface area contributed by atoms with Crippen molar-refractivity contribution in [3.05, 3.63) is 71.8 Å². The monoisotopic (exact) mass is 626 g/mol. The summed E-state index contributed by atoms with van der Waals surface area (Å²) in [7, 11) is 0. The molecule has 9 N–H and O–H groups in total. The summed E-state index contributed by atoms with van der Waals surface area (Å²) in [5, 5.41) is 31.2. The maximum atomic E-state index is 13.0. The minimum Gasteiger partial charge on any atom is -0.480 e. The third kappa shape index (κ3) is 12.7. The van der Waals surface area contributed by atoms with Crippen LogP contribution in [0, 0.1) is 5.92 Å². The van der Waals surface area contributed by atoms with E-state index in [2.05, 4.69) is 26.6 Å². The SMILES string of the molecule is CC[C@H](C)[C@H](N)C(=O)NCC(=O)N[C@@H](Cc1ccccc1)C(=O)NCC(=O)N[C@@H](CO)C(=O)N[C@@H](Cc1ccccc1)C(=O)O. The number of carbonyl (C=O) groups is 6. The number of aliphatic hydroxyl groups excluding tert-OH is 1. The van der Waals surface area contributed by atoms with E-state index in [1.807, 2.05) is 13.8 Å². The van der Waals surface area contributed by atoms with Crippen LogP contribution in [0.25, 0.3) is 0 Å². The Balaban J connectivity index is 1.97. The number of rotatable bonds is 18. The number of carboxylic acid groups (broad SMARTS) is 1. The number of aliphatic hydroxyl groups is 1. The van der Waals surface area contributed by atoms with Crippen LogP contribution in [0.2, 0.25) is 0 Å². The molecule has 5 atom stereocenters. The lowest BCUT2D eigenvalue weighted by molar-refractivity contribution is -0.142. The van der Waals surface area contributed by atoms with Crippen LogP contribution in [-0.4, -0.2) is 89.6 Å². The molecule has 0 aromatic heterocycles. The van der Waals surface area contributed by atoms with Crippen molar-refractivity contribution in [3.8, 4) is 0 Å². The van der Waals surface area contributed by atoms with Crippen molar-refractivity contribution in [2.24, 2.45) is 11.7 Å². The zero-order valence-electron chi connectivity index (χ0n) is 25.3. The van der Waals surface area contributed by atoms with Crippen LogP contribution in [-0.2, 0) is 41.6 Å². The molecule has 5 amide bonds. The van der Waals surface area contributed by atoms with Gasteiger partial charge >= 0.3 is 5.97 Å². The van der Waals surface area contributed by atoms with Crippen molar-refractivity contribution in [2.75, 3.05) is 19.7 Å². The first-order chi connectivity index (χ1) is 21.4. The van der Waals surface area contributed by atoms with Crippen LogP contribution in [0.5, 0.6) is 0 Å². The second-order valence-corrected chi connectivity index (χ2v) is 10.5. The number of hydrogen-bond donors (Lipinski definition) is 8. The quantitative estimate of drug-likeness (QED) is 0.0972. The molecule has 0 saturated heterocycles. The molecule has 0 aliphatic carbocycles. The summed E-state index contributed by atoms with van der Waals surface area (Å²) in [6, 6.07) is 12.7. The normalized spacial score (nSPS) is 14.0. The second-order valence-electron chi connectivity index (χ2n) is 10.5. The highest BCUT2D eigenvalue weighted by molar-refractivity contribution is 5.94. The molecule has 0 radical (unpaired) electrons. The molecule has 0 spiro atoms. The van der Waals surface area contributed by atoms with Gasteiger partial charge in [0.2, 0.25) is 29.5 Å². The van der Waals surface area contributed by atoms with Gasteiger partial charge in [-0.15, -0.1) is 0 Å². The first-order valence-corrected chi connectivity index (χ1v) is 14.6. The van der Waals surface area contributed by atoms with E-state index in [0.29, 0.717) is 17.5 Å². The largest absolute Gasteiger partial charge is 0.480 e. The average molecular weight is 627 g/mol. The second kappa shape index (κ2) is 18.8. The van der Waals surface area contributed by atoms with E-state index in [4.69, 9.17) is 5.73 Å². The van der Waals surface area contributed by atoms with Crippen molar-refractivity contribution in [3.63, 3.8) is 0 Å². The van der Waals surface area contributed by atoms with E-state index < -0.39 is 79.4 Å². The molecule has 0 saturated carbocycles. The van der Waals surface area contributed by atoms with Gasteiger partial charge in [0.1, 0.15) is 18.1 Å². The summed E-state index contributed by atoms with van der Waals surface area (Å²) < 4.78 is 0. The minimum atomic E-state index is -1.49. The Kier molecular flexibility index (Phi) is 15.2. The van der Waals surface area contributed by atoms with Crippen molar-refractivity contribution in [1.29, 1.82) is 0 Å². The molecular weight excluding hydrogens is 584 g/mol. The van der Waals surface area contributed by atoms with Crippen LogP contribution in [0.3, 0.4) is 0 Å². The molecular formula is C31H42N6O8. The summed E-state index contributed by atoms with van der Waals surface area (Å²) >= 11 is 0. The molecule has 0 bridgehead atoms. The first-order valence-electron chi connectivity index (χ1n) is 14.6. The Bertz CT molecular complexity index is 1290. The molecule has 0 unspecified atom stereocenters. The Hall–Kier alpha value is -4.82. The van der Waals surface area contributed by atoms with Crippen molar-refractivity contribution < 1.29 is 39.0 Å². The summed E-state index contributed by atoms with van der Waals surface area (Å²) in [6.45, 7) is 1.84. The molecule has 0 heterocycles. The molecule has 0 fully saturated rings. The molecule has 2 rings (SSSR count). The molecule has 14 heteroatoms. The van der Waals surface area contributed by atoms with Gasteiger partial charge in [-0.25, -0.2) is 4.79 Å². The van der Waals surface area contributed by atoms with Crippen molar-refractivity contribution in [1.82, 2.24) is 26.6 Å². The van der Waals surface area contributed by atoms with E-state index in [0.717, 1.165) is 0 Å². The first kappa shape index (κ1) is 36.4. The van der Waals surface area contributed by atoms with Gasteiger partial charge in [0.25, 0.3) is 0 Å². The summed E-state index contributed by atoms with van der Waals surface area (Å²) in [6.07, 6.45) is 0.724. The predicted octanol–water partition coefficient (Wildman–Crippen LogP) is -1.39. The fraction of sp³-hybridized carbons (Fsp3) is 0.419.